The molecular formula is C11H18N2O2. The van der Waals surface area contributed by atoms with E-state index in [0.717, 1.165) is 19.5 Å². The molecule has 0 bridgehead atoms. The van der Waals surface area contributed by atoms with Crippen LogP contribution in [0.15, 0.2) is 0 Å². The van der Waals surface area contributed by atoms with E-state index in [9.17, 15) is 9.59 Å². The Hall–Kier alpha value is -0.900. The summed E-state index contributed by atoms with van der Waals surface area (Å²) in [6, 6.07) is 0. The summed E-state index contributed by atoms with van der Waals surface area (Å²) >= 11 is 0. The van der Waals surface area contributed by atoms with E-state index < -0.39 is 0 Å². The summed E-state index contributed by atoms with van der Waals surface area (Å²) in [5.74, 6) is 0.217. The van der Waals surface area contributed by atoms with Gasteiger partial charge in [-0.2, -0.15) is 0 Å². The van der Waals surface area contributed by atoms with E-state index in [-0.39, 0.29) is 23.3 Å². The van der Waals surface area contributed by atoms with Gasteiger partial charge in [-0.15, -0.1) is 0 Å². The zero-order valence-corrected chi connectivity index (χ0v) is 9.38. The molecule has 0 radical (unpaired) electrons. The van der Waals surface area contributed by atoms with Gasteiger partial charge in [-0.25, -0.2) is 0 Å². The Labute approximate surface area is 90.0 Å². The molecule has 4 heteroatoms. The van der Waals surface area contributed by atoms with Gasteiger partial charge in [0, 0.05) is 19.4 Å². The zero-order chi connectivity index (χ0) is 11.1. The Morgan fingerprint density at radius 1 is 1.33 bits per heavy atom. The fourth-order valence-corrected chi connectivity index (χ4v) is 2.59. The van der Waals surface area contributed by atoms with Crippen molar-refractivity contribution in [3.63, 3.8) is 0 Å². The summed E-state index contributed by atoms with van der Waals surface area (Å²) < 4.78 is 0. The van der Waals surface area contributed by atoms with E-state index in [0.29, 0.717) is 12.8 Å². The lowest BCUT2D eigenvalue weighted by Crippen LogP contribution is -2.56. The first-order chi connectivity index (χ1) is 7.03. The molecule has 84 valence electrons. The van der Waals surface area contributed by atoms with Crippen LogP contribution in [-0.4, -0.2) is 35.3 Å². The van der Waals surface area contributed by atoms with E-state index in [1.165, 1.54) is 4.90 Å². The average molecular weight is 210 g/mol. The van der Waals surface area contributed by atoms with Crippen LogP contribution in [-0.2, 0) is 9.59 Å². The van der Waals surface area contributed by atoms with Crippen LogP contribution in [0.25, 0.3) is 0 Å². The van der Waals surface area contributed by atoms with Crippen LogP contribution in [0.4, 0.5) is 0 Å². The minimum atomic E-state index is -0.283. The quantitative estimate of drug-likeness (QED) is 0.642. The summed E-state index contributed by atoms with van der Waals surface area (Å²) in [7, 11) is 0. The first-order valence-electron chi connectivity index (χ1n) is 5.59. The predicted octanol–water partition coefficient (Wildman–Crippen LogP) is 0.524. The van der Waals surface area contributed by atoms with Crippen molar-refractivity contribution in [1.29, 1.82) is 0 Å². The molecule has 0 aromatic rings. The topological polar surface area (TPSA) is 49.4 Å². The number of hydrogen-bond acceptors (Lipinski definition) is 3. The zero-order valence-electron chi connectivity index (χ0n) is 9.38. The summed E-state index contributed by atoms with van der Waals surface area (Å²) in [5, 5.41) is 3.22. The van der Waals surface area contributed by atoms with Crippen LogP contribution < -0.4 is 5.32 Å². The number of imide groups is 1. The van der Waals surface area contributed by atoms with Gasteiger partial charge in [0.1, 0.15) is 0 Å². The molecule has 15 heavy (non-hydrogen) atoms. The highest BCUT2D eigenvalue weighted by Crippen LogP contribution is 2.29. The monoisotopic (exact) mass is 210 g/mol. The van der Waals surface area contributed by atoms with Gasteiger partial charge in [-0.05, 0) is 25.8 Å². The summed E-state index contributed by atoms with van der Waals surface area (Å²) in [6.45, 7) is 5.59. The standard InChI is InChI=1S/C11H18N2O2/c1-8-5-9(14)13(10(15)6-8)11(2)3-4-12-7-11/h8,12H,3-7H2,1-2H3. The summed E-state index contributed by atoms with van der Waals surface area (Å²) in [6.07, 6.45) is 1.90. The molecule has 1 unspecified atom stereocenters. The number of amides is 2. The lowest BCUT2D eigenvalue weighted by Gasteiger charge is -2.40. The molecule has 2 fully saturated rings. The molecule has 0 aromatic heterocycles. The van der Waals surface area contributed by atoms with Gasteiger partial charge >= 0.3 is 0 Å². The van der Waals surface area contributed by atoms with Crippen molar-refractivity contribution in [1.82, 2.24) is 10.2 Å². The number of carbonyl (C=O) groups excluding carboxylic acids is 2. The fourth-order valence-electron chi connectivity index (χ4n) is 2.59. The Morgan fingerprint density at radius 3 is 2.40 bits per heavy atom. The lowest BCUT2D eigenvalue weighted by molar-refractivity contribution is -0.156. The Bertz CT molecular complexity index is 277. The number of rotatable bonds is 1. The van der Waals surface area contributed by atoms with Gasteiger partial charge in [-0.3, -0.25) is 14.5 Å². The molecular weight excluding hydrogens is 192 g/mol. The van der Waals surface area contributed by atoms with Crippen LogP contribution >= 0.6 is 0 Å². The SMILES string of the molecule is CC1CC(=O)N(C2(C)CCNC2)C(=O)C1. The van der Waals surface area contributed by atoms with Crippen LogP contribution in [0.2, 0.25) is 0 Å². The van der Waals surface area contributed by atoms with Crippen molar-refractivity contribution in [2.75, 3.05) is 13.1 Å². The van der Waals surface area contributed by atoms with Crippen LogP contribution in [0.5, 0.6) is 0 Å². The van der Waals surface area contributed by atoms with E-state index in [2.05, 4.69) is 5.32 Å². The highest BCUT2D eigenvalue weighted by atomic mass is 16.2. The van der Waals surface area contributed by atoms with Gasteiger partial charge in [0.2, 0.25) is 11.8 Å². The Morgan fingerprint density at radius 2 is 1.93 bits per heavy atom. The molecule has 2 aliphatic rings. The summed E-state index contributed by atoms with van der Waals surface area (Å²) in [5.41, 5.74) is -0.283. The Balaban J connectivity index is 2.20. The van der Waals surface area contributed by atoms with Gasteiger partial charge < -0.3 is 5.32 Å². The molecule has 1 atom stereocenters. The third-order valence-electron chi connectivity index (χ3n) is 3.43. The molecule has 0 aliphatic carbocycles. The minimum Gasteiger partial charge on any atom is -0.314 e. The van der Waals surface area contributed by atoms with Crippen molar-refractivity contribution in [2.24, 2.45) is 5.92 Å². The number of hydrogen-bond donors (Lipinski definition) is 1. The highest BCUT2D eigenvalue weighted by Gasteiger charge is 2.44. The number of nitrogens with zero attached hydrogens (tertiary/aromatic N) is 1. The minimum absolute atomic E-state index is 0.00458. The first kappa shape index (κ1) is 10.6. The first-order valence-corrected chi connectivity index (χ1v) is 5.59. The van der Waals surface area contributed by atoms with Crippen LogP contribution in [0.1, 0.15) is 33.1 Å². The maximum absolute atomic E-state index is 11.9. The van der Waals surface area contributed by atoms with Crippen LogP contribution in [0, 0.1) is 5.92 Å². The molecule has 4 nitrogen and oxygen atoms in total. The molecule has 2 saturated heterocycles. The summed E-state index contributed by atoms with van der Waals surface area (Å²) in [4.78, 5) is 25.3. The molecule has 0 spiro atoms. The lowest BCUT2D eigenvalue weighted by atomic mass is 9.90. The van der Waals surface area contributed by atoms with Crippen molar-refractivity contribution < 1.29 is 9.59 Å². The highest BCUT2D eigenvalue weighted by molar-refractivity contribution is 5.98. The molecule has 2 rings (SSSR count). The molecule has 0 saturated carbocycles. The largest absolute Gasteiger partial charge is 0.314 e. The van der Waals surface area contributed by atoms with Crippen LogP contribution in [0.3, 0.4) is 0 Å². The maximum Gasteiger partial charge on any atom is 0.230 e. The molecule has 2 aliphatic heterocycles. The second kappa shape index (κ2) is 3.59. The third kappa shape index (κ3) is 1.78. The van der Waals surface area contributed by atoms with Crippen molar-refractivity contribution >= 4 is 11.8 Å². The molecule has 0 aromatic carbocycles. The number of likely N-dealkylation sites (tertiary alicyclic amines) is 1. The smallest absolute Gasteiger partial charge is 0.230 e. The molecule has 1 N–H and O–H groups in total. The van der Waals surface area contributed by atoms with Gasteiger partial charge in [0.15, 0.2) is 0 Å². The normalized spacial score (nSPS) is 33.9. The second-order valence-corrected chi connectivity index (χ2v) is 5.06. The van der Waals surface area contributed by atoms with E-state index >= 15 is 0 Å². The van der Waals surface area contributed by atoms with Gasteiger partial charge in [-0.1, -0.05) is 6.92 Å². The van der Waals surface area contributed by atoms with E-state index in [4.69, 9.17) is 0 Å². The fraction of sp³-hybridized carbons (Fsp3) is 0.818. The average Bonchev–Trinajstić information content (AvgIpc) is 2.50. The third-order valence-corrected chi connectivity index (χ3v) is 3.43. The van der Waals surface area contributed by atoms with Gasteiger partial charge in [0.05, 0.1) is 5.54 Å². The molecule has 2 amide bonds. The Kier molecular flexibility index (Phi) is 2.54. The number of carbonyl (C=O) groups is 2. The van der Waals surface area contributed by atoms with Crippen molar-refractivity contribution in [3.05, 3.63) is 0 Å². The number of nitrogens with one attached hydrogen (secondary N) is 1. The molecule has 2 heterocycles. The second-order valence-electron chi connectivity index (χ2n) is 5.06. The van der Waals surface area contributed by atoms with E-state index in [1.807, 2.05) is 13.8 Å². The van der Waals surface area contributed by atoms with E-state index in [1.54, 1.807) is 0 Å². The van der Waals surface area contributed by atoms with Crippen molar-refractivity contribution in [3.8, 4) is 0 Å². The van der Waals surface area contributed by atoms with Crippen molar-refractivity contribution in [2.45, 2.75) is 38.6 Å². The number of piperidine rings is 1. The maximum atomic E-state index is 11.9. The van der Waals surface area contributed by atoms with Gasteiger partial charge in [0.25, 0.3) is 0 Å². The predicted molar refractivity (Wildman–Crippen MR) is 56.1 cm³/mol.